The summed E-state index contributed by atoms with van der Waals surface area (Å²) in [6, 6.07) is 8.65. The van der Waals surface area contributed by atoms with E-state index >= 15 is 0 Å². The number of fused-ring (bicyclic) bond motifs is 1. The van der Waals surface area contributed by atoms with Crippen molar-refractivity contribution in [1.29, 1.82) is 0 Å². The third-order valence-electron chi connectivity index (χ3n) is 2.76. The largest absolute Gasteiger partial charge is 0.303 e. The van der Waals surface area contributed by atoms with E-state index in [1.165, 1.54) is 36.1 Å². The lowest BCUT2D eigenvalue weighted by atomic mass is 10.0. The zero-order valence-electron chi connectivity index (χ0n) is 9.53. The number of rotatable bonds is 1. The minimum atomic E-state index is 1.11. The molecule has 1 aliphatic rings. The van der Waals surface area contributed by atoms with Crippen LogP contribution in [0.25, 0.3) is 0 Å². The number of hydrogen-bond acceptors (Lipinski definition) is 2. The van der Waals surface area contributed by atoms with Crippen molar-refractivity contribution in [3.63, 3.8) is 0 Å². The summed E-state index contributed by atoms with van der Waals surface area (Å²) in [5, 5.41) is 6.49. The molecular weight excluding hydrogens is 184 g/mol. The zero-order valence-corrected chi connectivity index (χ0v) is 9.53. The lowest BCUT2D eigenvalue weighted by Gasteiger charge is -2.11. The molecule has 15 heavy (non-hydrogen) atoms. The van der Waals surface area contributed by atoms with Crippen LogP contribution in [0.15, 0.2) is 29.4 Å². The van der Waals surface area contributed by atoms with E-state index in [1.807, 2.05) is 19.1 Å². The Morgan fingerprint density at radius 2 is 1.80 bits per heavy atom. The number of hydrazone groups is 1. The molecule has 0 saturated carbocycles. The van der Waals surface area contributed by atoms with Crippen molar-refractivity contribution in [1.82, 2.24) is 5.01 Å². The molecule has 0 saturated heterocycles. The van der Waals surface area contributed by atoms with E-state index in [2.05, 4.69) is 29.4 Å². The molecule has 0 aliphatic heterocycles. The minimum Gasteiger partial charge on any atom is -0.303 e. The molecule has 80 valence electrons. The standard InChI is InChI=1S/C13H18N2/c1-15(2)14-13-10-6-4-8-11-7-3-5-9-12(11)13/h3,5,7,9H,4,6,8,10H2,1-2H3. The summed E-state index contributed by atoms with van der Waals surface area (Å²) in [4.78, 5) is 0. The molecule has 0 radical (unpaired) electrons. The molecule has 2 nitrogen and oxygen atoms in total. The van der Waals surface area contributed by atoms with Gasteiger partial charge in [0.25, 0.3) is 0 Å². The smallest absolute Gasteiger partial charge is 0.0680 e. The van der Waals surface area contributed by atoms with Gasteiger partial charge in [0.05, 0.1) is 5.71 Å². The van der Waals surface area contributed by atoms with Crippen LogP contribution in [0, 0.1) is 0 Å². The first-order valence-corrected chi connectivity index (χ1v) is 5.60. The fourth-order valence-corrected chi connectivity index (χ4v) is 2.11. The molecule has 0 unspecified atom stereocenters. The van der Waals surface area contributed by atoms with Crippen molar-refractivity contribution in [3.8, 4) is 0 Å². The molecule has 0 aromatic heterocycles. The molecular formula is C13H18N2. The Morgan fingerprint density at radius 1 is 1.07 bits per heavy atom. The van der Waals surface area contributed by atoms with Crippen LogP contribution in [-0.2, 0) is 6.42 Å². The van der Waals surface area contributed by atoms with Crippen LogP contribution in [-0.4, -0.2) is 24.8 Å². The van der Waals surface area contributed by atoms with Gasteiger partial charge in [-0.2, -0.15) is 5.10 Å². The molecule has 0 spiro atoms. The van der Waals surface area contributed by atoms with E-state index in [0.29, 0.717) is 0 Å². The molecule has 0 fully saturated rings. The Bertz CT molecular complexity index is 367. The van der Waals surface area contributed by atoms with Crippen LogP contribution in [0.5, 0.6) is 0 Å². The molecule has 2 heteroatoms. The zero-order chi connectivity index (χ0) is 10.7. The highest BCUT2D eigenvalue weighted by Crippen LogP contribution is 2.21. The Hall–Kier alpha value is -1.31. The van der Waals surface area contributed by atoms with Gasteiger partial charge in [0.15, 0.2) is 0 Å². The average Bonchev–Trinajstić information content (AvgIpc) is 2.41. The molecule has 2 rings (SSSR count). The molecule has 0 bridgehead atoms. The van der Waals surface area contributed by atoms with E-state index in [1.54, 1.807) is 0 Å². The fraction of sp³-hybridized carbons (Fsp3) is 0.462. The molecule has 1 aromatic carbocycles. The summed E-state index contributed by atoms with van der Waals surface area (Å²) in [5.74, 6) is 0. The second-order valence-corrected chi connectivity index (χ2v) is 4.26. The summed E-state index contributed by atoms with van der Waals surface area (Å²) >= 11 is 0. The summed E-state index contributed by atoms with van der Waals surface area (Å²) in [5.41, 5.74) is 4.05. The van der Waals surface area contributed by atoms with Gasteiger partial charge in [-0.05, 0) is 31.2 Å². The van der Waals surface area contributed by atoms with Crippen molar-refractivity contribution in [2.75, 3.05) is 14.1 Å². The maximum absolute atomic E-state index is 4.59. The van der Waals surface area contributed by atoms with E-state index in [0.717, 1.165) is 6.42 Å². The second kappa shape index (κ2) is 4.47. The molecule has 0 atom stereocenters. The Morgan fingerprint density at radius 3 is 2.60 bits per heavy atom. The van der Waals surface area contributed by atoms with E-state index in [4.69, 9.17) is 0 Å². The molecule has 0 heterocycles. The van der Waals surface area contributed by atoms with E-state index < -0.39 is 0 Å². The summed E-state index contributed by atoms with van der Waals surface area (Å²) in [7, 11) is 3.97. The number of nitrogens with zero attached hydrogens (tertiary/aromatic N) is 2. The first kappa shape index (κ1) is 10.2. The lowest BCUT2D eigenvalue weighted by Crippen LogP contribution is -2.10. The van der Waals surface area contributed by atoms with Gasteiger partial charge in [-0.25, -0.2) is 0 Å². The number of hydrogen-bond donors (Lipinski definition) is 0. The van der Waals surface area contributed by atoms with Gasteiger partial charge >= 0.3 is 0 Å². The molecule has 0 N–H and O–H groups in total. The van der Waals surface area contributed by atoms with Crippen LogP contribution in [0.3, 0.4) is 0 Å². The first-order valence-electron chi connectivity index (χ1n) is 5.60. The molecule has 1 aromatic rings. The Balaban J connectivity index is 2.41. The second-order valence-electron chi connectivity index (χ2n) is 4.26. The van der Waals surface area contributed by atoms with Gasteiger partial charge in [-0.3, -0.25) is 0 Å². The van der Waals surface area contributed by atoms with Crippen LogP contribution in [0.4, 0.5) is 0 Å². The van der Waals surface area contributed by atoms with Gasteiger partial charge in [0, 0.05) is 19.7 Å². The Kier molecular flexibility index (Phi) is 3.05. The van der Waals surface area contributed by atoms with Crippen molar-refractivity contribution >= 4 is 5.71 Å². The van der Waals surface area contributed by atoms with Crippen LogP contribution >= 0.6 is 0 Å². The topological polar surface area (TPSA) is 15.6 Å². The quantitative estimate of drug-likeness (QED) is 0.505. The Labute approximate surface area is 91.6 Å². The lowest BCUT2D eigenvalue weighted by molar-refractivity contribution is 0.436. The SMILES string of the molecule is CN(C)N=C1CCCCc2ccccc21. The van der Waals surface area contributed by atoms with Crippen molar-refractivity contribution in [2.24, 2.45) is 5.10 Å². The van der Waals surface area contributed by atoms with Gasteiger partial charge in [0.1, 0.15) is 0 Å². The predicted octanol–water partition coefficient (Wildman–Crippen LogP) is 2.68. The van der Waals surface area contributed by atoms with E-state index in [9.17, 15) is 0 Å². The third-order valence-corrected chi connectivity index (χ3v) is 2.76. The van der Waals surface area contributed by atoms with E-state index in [-0.39, 0.29) is 0 Å². The number of benzene rings is 1. The van der Waals surface area contributed by atoms with Gasteiger partial charge in [-0.1, -0.05) is 24.3 Å². The summed E-state index contributed by atoms with van der Waals surface area (Å²) in [6.45, 7) is 0. The fourth-order valence-electron chi connectivity index (χ4n) is 2.11. The monoisotopic (exact) mass is 202 g/mol. The summed E-state index contributed by atoms with van der Waals surface area (Å²) in [6.07, 6.45) is 4.84. The number of aryl methyl sites for hydroxylation is 1. The highest BCUT2D eigenvalue weighted by Gasteiger charge is 2.13. The normalized spacial score (nSPS) is 18.4. The average molecular weight is 202 g/mol. The summed E-state index contributed by atoms with van der Waals surface area (Å²) < 4.78 is 0. The predicted molar refractivity (Wildman–Crippen MR) is 64.2 cm³/mol. The highest BCUT2D eigenvalue weighted by atomic mass is 15.4. The van der Waals surface area contributed by atoms with Crippen molar-refractivity contribution in [3.05, 3.63) is 35.4 Å². The van der Waals surface area contributed by atoms with Crippen LogP contribution < -0.4 is 0 Å². The van der Waals surface area contributed by atoms with Crippen LogP contribution in [0.1, 0.15) is 30.4 Å². The third kappa shape index (κ3) is 2.38. The highest BCUT2D eigenvalue weighted by molar-refractivity contribution is 6.01. The van der Waals surface area contributed by atoms with Gasteiger partial charge < -0.3 is 5.01 Å². The van der Waals surface area contributed by atoms with Gasteiger partial charge in [-0.15, -0.1) is 0 Å². The van der Waals surface area contributed by atoms with Gasteiger partial charge in [0.2, 0.25) is 0 Å². The first-order chi connectivity index (χ1) is 7.27. The van der Waals surface area contributed by atoms with Crippen LogP contribution in [0.2, 0.25) is 0 Å². The molecule has 1 aliphatic carbocycles. The minimum absolute atomic E-state index is 1.11. The van der Waals surface area contributed by atoms with Crippen molar-refractivity contribution < 1.29 is 0 Å². The molecule has 0 amide bonds. The maximum atomic E-state index is 4.59. The van der Waals surface area contributed by atoms with Crippen molar-refractivity contribution in [2.45, 2.75) is 25.7 Å². The maximum Gasteiger partial charge on any atom is 0.0680 e.